The highest BCUT2D eigenvalue weighted by molar-refractivity contribution is 6.31. The van der Waals surface area contributed by atoms with Gasteiger partial charge in [-0.3, -0.25) is 4.79 Å². The number of aryl methyl sites for hydroxylation is 1. The largest absolute Gasteiger partial charge is 0.495 e. The Hall–Kier alpha value is -1.42. The van der Waals surface area contributed by atoms with Crippen molar-refractivity contribution in [3.05, 3.63) is 22.7 Å². The molecule has 5 heteroatoms. The van der Waals surface area contributed by atoms with E-state index in [4.69, 9.17) is 16.3 Å². The SMILES string of the molecule is COc1cc(Cl)c(C)cc1NC(C)C(=O)NC(C)C. The highest BCUT2D eigenvalue weighted by atomic mass is 35.5. The number of ether oxygens (including phenoxy) is 1. The summed E-state index contributed by atoms with van der Waals surface area (Å²) in [5, 5.41) is 6.64. The lowest BCUT2D eigenvalue weighted by atomic mass is 10.2. The van der Waals surface area contributed by atoms with E-state index in [1.165, 1.54) is 0 Å². The molecule has 0 spiro atoms. The van der Waals surface area contributed by atoms with Crippen LogP contribution in [0.25, 0.3) is 0 Å². The summed E-state index contributed by atoms with van der Waals surface area (Å²) in [5.74, 6) is 0.574. The van der Waals surface area contributed by atoms with Gasteiger partial charge in [0.2, 0.25) is 5.91 Å². The van der Waals surface area contributed by atoms with Gasteiger partial charge in [0.15, 0.2) is 0 Å². The Morgan fingerprint density at radius 3 is 2.47 bits per heavy atom. The highest BCUT2D eigenvalue weighted by Gasteiger charge is 2.16. The lowest BCUT2D eigenvalue weighted by molar-refractivity contribution is -0.122. The standard InChI is InChI=1S/C14H21ClN2O2/c1-8(2)16-14(18)10(4)17-12-6-9(3)11(15)7-13(12)19-5/h6-8,10,17H,1-5H3,(H,16,18). The minimum absolute atomic E-state index is 0.0512. The zero-order chi connectivity index (χ0) is 14.6. The van der Waals surface area contributed by atoms with Crippen molar-refractivity contribution in [3.8, 4) is 5.75 Å². The highest BCUT2D eigenvalue weighted by Crippen LogP contribution is 2.31. The summed E-state index contributed by atoms with van der Waals surface area (Å²) < 4.78 is 5.26. The summed E-state index contributed by atoms with van der Waals surface area (Å²) in [4.78, 5) is 11.9. The average Bonchev–Trinajstić information content (AvgIpc) is 2.32. The Bertz CT molecular complexity index is 461. The van der Waals surface area contributed by atoms with Gasteiger partial charge in [0.1, 0.15) is 11.8 Å². The third-order valence-electron chi connectivity index (χ3n) is 2.68. The number of carbonyl (C=O) groups is 1. The van der Waals surface area contributed by atoms with Crippen molar-refractivity contribution in [1.82, 2.24) is 5.32 Å². The number of hydrogen-bond donors (Lipinski definition) is 2. The Morgan fingerprint density at radius 2 is 1.95 bits per heavy atom. The van der Waals surface area contributed by atoms with Crippen molar-refractivity contribution >= 4 is 23.2 Å². The Morgan fingerprint density at radius 1 is 1.32 bits per heavy atom. The van der Waals surface area contributed by atoms with Crippen molar-refractivity contribution in [3.63, 3.8) is 0 Å². The van der Waals surface area contributed by atoms with Gasteiger partial charge in [0.05, 0.1) is 12.8 Å². The normalized spacial score (nSPS) is 12.2. The van der Waals surface area contributed by atoms with Crippen LogP contribution in [-0.4, -0.2) is 25.1 Å². The molecule has 0 aliphatic carbocycles. The maximum absolute atomic E-state index is 11.9. The van der Waals surface area contributed by atoms with Crippen molar-refractivity contribution < 1.29 is 9.53 Å². The molecule has 0 heterocycles. The zero-order valence-electron chi connectivity index (χ0n) is 12.0. The maximum atomic E-state index is 11.9. The molecule has 1 unspecified atom stereocenters. The van der Waals surface area contributed by atoms with Gasteiger partial charge in [-0.2, -0.15) is 0 Å². The van der Waals surface area contributed by atoms with Gasteiger partial charge in [-0.05, 0) is 39.3 Å². The van der Waals surface area contributed by atoms with Gasteiger partial charge in [-0.15, -0.1) is 0 Å². The lowest BCUT2D eigenvalue weighted by Gasteiger charge is -2.19. The molecule has 0 fully saturated rings. The second kappa shape index (κ2) is 6.66. The second-order valence-electron chi connectivity index (χ2n) is 4.83. The van der Waals surface area contributed by atoms with Crippen LogP contribution in [0.5, 0.6) is 5.75 Å². The number of anilines is 1. The molecule has 1 aromatic rings. The van der Waals surface area contributed by atoms with Gasteiger partial charge in [-0.1, -0.05) is 11.6 Å². The van der Waals surface area contributed by atoms with E-state index in [2.05, 4.69) is 10.6 Å². The van der Waals surface area contributed by atoms with E-state index in [9.17, 15) is 4.79 Å². The number of halogens is 1. The molecule has 4 nitrogen and oxygen atoms in total. The molecule has 0 aromatic heterocycles. The zero-order valence-corrected chi connectivity index (χ0v) is 12.8. The van der Waals surface area contributed by atoms with Gasteiger partial charge in [0, 0.05) is 17.1 Å². The third kappa shape index (κ3) is 4.31. The van der Waals surface area contributed by atoms with Crippen LogP contribution >= 0.6 is 11.6 Å². The molecule has 0 bridgehead atoms. The van der Waals surface area contributed by atoms with Crippen LogP contribution < -0.4 is 15.4 Å². The number of benzene rings is 1. The fourth-order valence-electron chi connectivity index (χ4n) is 1.65. The fourth-order valence-corrected chi connectivity index (χ4v) is 1.81. The number of methoxy groups -OCH3 is 1. The molecule has 0 radical (unpaired) electrons. The van der Waals surface area contributed by atoms with Crippen LogP contribution in [0, 0.1) is 6.92 Å². The minimum Gasteiger partial charge on any atom is -0.495 e. The number of rotatable bonds is 5. The summed E-state index contributed by atoms with van der Waals surface area (Å²) in [5.41, 5.74) is 1.69. The summed E-state index contributed by atoms with van der Waals surface area (Å²) in [7, 11) is 1.57. The number of hydrogen-bond acceptors (Lipinski definition) is 3. The van der Waals surface area contributed by atoms with Crippen molar-refractivity contribution in [2.45, 2.75) is 39.8 Å². The first kappa shape index (κ1) is 15.6. The monoisotopic (exact) mass is 284 g/mol. The van der Waals surface area contributed by atoms with Gasteiger partial charge < -0.3 is 15.4 Å². The van der Waals surface area contributed by atoms with Crippen LogP contribution in [-0.2, 0) is 4.79 Å². The van der Waals surface area contributed by atoms with Gasteiger partial charge in [0.25, 0.3) is 0 Å². The summed E-state index contributed by atoms with van der Waals surface area (Å²) in [6, 6.07) is 3.38. The maximum Gasteiger partial charge on any atom is 0.242 e. The van der Waals surface area contributed by atoms with E-state index in [0.29, 0.717) is 10.8 Å². The molecular weight excluding hydrogens is 264 g/mol. The molecule has 2 N–H and O–H groups in total. The van der Waals surface area contributed by atoms with Crippen molar-refractivity contribution in [2.24, 2.45) is 0 Å². The molecule has 0 saturated carbocycles. The number of nitrogens with one attached hydrogen (secondary N) is 2. The van der Waals surface area contributed by atoms with E-state index >= 15 is 0 Å². The molecule has 0 saturated heterocycles. The second-order valence-corrected chi connectivity index (χ2v) is 5.24. The lowest BCUT2D eigenvalue weighted by Crippen LogP contribution is -2.41. The van der Waals surface area contributed by atoms with Crippen LogP contribution in [0.15, 0.2) is 12.1 Å². The Labute approximate surface area is 119 Å². The van der Waals surface area contributed by atoms with E-state index in [1.807, 2.05) is 26.8 Å². The van der Waals surface area contributed by atoms with Crippen molar-refractivity contribution in [1.29, 1.82) is 0 Å². The summed E-state index contributed by atoms with van der Waals surface area (Å²) in [6.45, 7) is 7.57. The predicted molar refractivity (Wildman–Crippen MR) is 79.1 cm³/mol. The van der Waals surface area contributed by atoms with E-state index < -0.39 is 0 Å². The number of amides is 1. The molecule has 106 valence electrons. The quantitative estimate of drug-likeness (QED) is 0.874. The van der Waals surface area contributed by atoms with Gasteiger partial charge >= 0.3 is 0 Å². The molecule has 1 rings (SSSR count). The predicted octanol–water partition coefficient (Wildman–Crippen LogP) is 2.98. The molecule has 1 atom stereocenters. The summed E-state index contributed by atoms with van der Waals surface area (Å²) >= 11 is 6.05. The van der Waals surface area contributed by atoms with Gasteiger partial charge in [-0.25, -0.2) is 0 Å². The molecular formula is C14H21ClN2O2. The average molecular weight is 285 g/mol. The number of carbonyl (C=O) groups excluding carboxylic acids is 1. The molecule has 1 aromatic carbocycles. The smallest absolute Gasteiger partial charge is 0.242 e. The van der Waals surface area contributed by atoms with E-state index in [-0.39, 0.29) is 18.0 Å². The fraction of sp³-hybridized carbons (Fsp3) is 0.500. The minimum atomic E-state index is -0.350. The molecule has 0 aliphatic heterocycles. The van der Waals surface area contributed by atoms with Crippen LogP contribution in [0.2, 0.25) is 5.02 Å². The molecule has 19 heavy (non-hydrogen) atoms. The van der Waals surface area contributed by atoms with E-state index in [1.54, 1.807) is 20.1 Å². The first-order valence-corrected chi connectivity index (χ1v) is 6.64. The topological polar surface area (TPSA) is 50.4 Å². The first-order valence-electron chi connectivity index (χ1n) is 6.26. The summed E-state index contributed by atoms with van der Waals surface area (Å²) in [6.07, 6.45) is 0. The Balaban J connectivity index is 2.87. The Kier molecular flexibility index (Phi) is 5.48. The van der Waals surface area contributed by atoms with Crippen molar-refractivity contribution in [2.75, 3.05) is 12.4 Å². The molecule has 1 amide bonds. The van der Waals surface area contributed by atoms with Crippen LogP contribution in [0.1, 0.15) is 26.3 Å². The van der Waals surface area contributed by atoms with Crippen LogP contribution in [0.3, 0.4) is 0 Å². The van der Waals surface area contributed by atoms with E-state index in [0.717, 1.165) is 11.3 Å². The first-order chi connectivity index (χ1) is 8.85. The van der Waals surface area contributed by atoms with Crippen LogP contribution in [0.4, 0.5) is 5.69 Å². The molecule has 0 aliphatic rings. The third-order valence-corrected chi connectivity index (χ3v) is 3.08.